The van der Waals surface area contributed by atoms with Crippen LogP contribution in [0.4, 0.5) is 18.9 Å². The molecular formula is C15H14ClF3N2O2S2. The van der Waals surface area contributed by atoms with Crippen molar-refractivity contribution in [3.05, 3.63) is 44.9 Å². The number of carbonyl (C=O) groups is 1. The first-order valence-corrected chi connectivity index (χ1v) is 9.67. The summed E-state index contributed by atoms with van der Waals surface area (Å²) in [5.41, 5.74) is -0.889. The van der Waals surface area contributed by atoms with Crippen LogP contribution in [0, 0.1) is 6.92 Å². The molecule has 1 N–H and O–H groups in total. The van der Waals surface area contributed by atoms with Crippen molar-refractivity contribution in [2.75, 3.05) is 5.32 Å². The third kappa shape index (κ3) is 5.26. The van der Waals surface area contributed by atoms with Gasteiger partial charge in [0.05, 0.1) is 27.7 Å². The fourth-order valence-electron chi connectivity index (χ4n) is 1.96. The Morgan fingerprint density at radius 3 is 2.68 bits per heavy atom. The minimum atomic E-state index is -4.67. The van der Waals surface area contributed by atoms with E-state index in [4.69, 9.17) is 11.6 Å². The maximum absolute atomic E-state index is 13.1. The number of hydrogen-bond donors (Lipinski definition) is 1. The van der Waals surface area contributed by atoms with Gasteiger partial charge in [-0.1, -0.05) is 11.6 Å². The quantitative estimate of drug-likeness (QED) is 0.794. The molecule has 25 heavy (non-hydrogen) atoms. The van der Waals surface area contributed by atoms with E-state index in [2.05, 4.69) is 10.3 Å². The standard InChI is InChI=1S/C15H14ClF3N2O2S2/c1-8(25(23)7-11-6-24-9(2)20-11)14(22)21-13-4-3-10(16)5-12(13)15(17,18)19/h3-6,8H,7H2,1-2H3,(H,21,22)/t8-,25+/m1/s1. The zero-order valence-electron chi connectivity index (χ0n) is 13.2. The highest BCUT2D eigenvalue weighted by atomic mass is 35.5. The van der Waals surface area contributed by atoms with E-state index in [1.54, 1.807) is 12.3 Å². The molecule has 2 rings (SSSR count). The lowest BCUT2D eigenvalue weighted by Crippen LogP contribution is -2.30. The van der Waals surface area contributed by atoms with Crippen LogP contribution in [0.5, 0.6) is 0 Å². The van der Waals surface area contributed by atoms with E-state index in [-0.39, 0.29) is 10.8 Å². The number of aromatic nitrogens is 1. The molecule has 4 nitrogen and oxygen atoms in total. The lowest BCUT2D eigenvalue weighted by atomic mass is 10.1. The first-order chi connectivity index (χ1) is 11.6. The molecule has 0 fully saturated rings. The Morgan fingerprint density at radius 2 is 2.12 bits per heavy atom. The average molecular weight is 411 g/mol. The molecule has 0 aliphatic rings. The third-order valence-electron chi connectivity index (χ3n) is 3.27. The first kappa shape index (κ1) is 19.9. The summed E-state index contributed by atoms with van der Waals surface area (Å²) < 4.78 is 51.4. The number of thiazole rings is 1. The number of halogens is 4. The second-order valence-corrected chi connectivity index (χ2v) is 8.46. The van der Waals surface area contributed by atoms with Gasteiger partial charge in [-0.25, -0.2) is 4.98 Å². The van der Waals surface area contributed by atoms with E-state index in [9.17, 15) is 22.2 Å². The molecular weight excluding hydrogens is 397 g/mol. The maximum Gasteiger partial charge on any atom is 0.418 e. The summed E-state index contributed by atoms with van der Waals surface area (Å²) in [4.78, 5) is 16.4. The van der Waals surface area contributed by atoms with E-state index in [0.717, 1.165) is 17.1 Å². The zero-order valence-corrected chi connectivity index (χ0v) is 15.6. The third-order valence-corrected chi connectivity index (χ3v) is 5.91. The number of amides is 1. The van der Waals surface area contributed by atoms with Crippen LogP contribution in [-0.4, -0.2) is 20.3 Å². The van der Waals surface area contributed by atoms with E-state index in [1.807, 2.05) is 0 Å². The predicted octanol–water partition coefficient (Wildman–Crippen LogP) is 4.40. The monoisotopic (exact) mass is 410 g/mol. The van der Waals surface area contributed by atoms with Crippen LogP contribution in [0.25, 0.3) is 0 Å². The number of aryl methyl sites for hydroxylation is 1. The number of rotatable bonds is 5. The fourth-order valence-corrected chi connectivity index (χ4v) is 3.84. The lowest BCUT2D eigenvalue weighted by Gasteiger charge is -2.16. The number of carbonyl (C=O) groups excluding carboxylic acids is 1. The molecule has 10 heteroatoms. The highest BCUT2D eigenvalue weighted by Gasteiger charge is 2.34. The van der Waals surface area contributed by atoms with Gasteiger partial charge in [0, 0.05) is 21.2 Å². The summed E-state index contributed by atoms with van der Waals surface area (Å²) in [6.45, 7) is 3.19. The summed E-state index contributed by atoms with van der Waals surface area (Å²) in [6.07, 6.45) is -4.67. The van der Waals surface area contributed by atoms with Gasteiger partial charge < -0.3 is 5.32 Å². The molecule has 136 valence electrons. The molecule has 0 aliphatic heterocycles. The van der Waals surface area contributed by atoms with Gasteiger partial charge in [-0.05, 0) is 32.0 Å². The highest BCUT2D eigenvalue weighted by molar-refractivity contribution is 7.85. The molecule has 0 aliphatic carbocycles. The van der Waals surface area contributed by atoms with Gasteiger partial charge in [-0.2, -0.15) is 13.2 Å². The van der Waals surface area contributed by atoms with E-state index >= 15 is 0 Å². The molecule has 2 aromatic rings. The van der Waals surface area contributed by atoms with Crippen LogP contribution in [0.3, 0.4) is 0 Å². The van der Waals surface area contributed by atoms with Crippen molar-refractivity contribution in [3.63, 3.8) is 0 Å². The smallest absolute Gasteiger partial charge is 0.324 e. The molecule has 0 unspecified atom stereocenters. The Hall–Kier alpha value is -1.45. The van der Waals surface area contributed by atoms with Crippen molar-refractivity contribution in [3.8, 4) is 0 Å². The van der Waals surface area contributed by atoms with E-state index in [1.165, 1.54) is 24.3 Å². The van der Waals surface area contributed by atoms with Crippen LogP contribution < -0.4 is 5.32 Å². The normalized spacial score (nSPS) is 14.2. The van der Waals surface area contributed by atoms with Crippen molar-refractivity contribution in [2.24, 2.45) is 0 Å². The number of nitrogens with one attached hydrogen (secondary N) is 1. The van der Waals surface area contributed by atoms with Gasteiger partial charge in [-0.3, -0.25) is 9.00 Å². The van der Waals surface area contributed by atoms with Crippen LogP contribution >= 0.6 is 22.9 Å². The second-order valence-electron chi connectivity index (χ2n) is 5.20. The van der Waals surface area contributed by atoms with Gasteiger partial charge >= 0.3 is 6.18 Å². The Kier molecular flexibility index (Phi) is 6.23. The molecule has 1 aromatic carbocycles. The fraction of sp³-hybridized carbons (Fsp3) is 0.333. The van der Waals surface area contributed by atoms with Gasteiger partial charge in [0.15, 0.2) is 0 Å². The summed E-state index contributed by atoms with van der Waals surface area (Å²) in [5.74, 6) is -0.704. The highest BCUT2D eigenvalue weighted by Crippen LogP contribution is 2.36. The number of benzene rings is 1. The molecule has 0 saturated heterocycles. The topological polar surface area (TPSA) is 59.1 Å². The molecule has 0 radical (unpaired) electrons. The van der Waals surface area contributed by atoms with Crippen molar-refractivity contribution in [1.29, 1.82) is 0 Å². The SMILES string of the molecule is Cc1nc(C[S@](=O)[C@H](C)C(=O)Nc2ccc(Cl)cc2C(F)(F)F)cs1. The van der Waals surface area contributed by atoms with Crippen LogP contribution in [-0.2, 0) is 27.5 Å². The van der Waals surface area contributed by atoms with Gasteiger partial charge in [-0.15, -0.1) is 11.3 Å². The average Bonchev–Trinajstić information content (AvgIpc) is 2.92. The van der Waals surface area contributed by atoms with Gasteiger partial charge in [0.2, 0.25) is 5.91 Å². The Labute approximate surface area is 153 Å². The van der Waals surface area contributed by atoms with Crippen molar-refractivity contribution < 1.29 is 22.2 Å². The molecule has 1 aromatic heterocycles. The second kappa shape index (κ2) is 7.84. The largest absolute Gasteiger partial charge is 0.418 e. The van der Waals surface area contributed by atoms with Crippen LogP contribution in [0.2, 0.25) is 5.02 Å². The summed E-state index contributed by atoms with van der Waals surface area (Å²) in [6, 6.07) is 3.05. The number of alkyl halides is 3. The van der Waals surface area contributed by atoms with Crippen molar-refractivity contribution in [1.82, 2.24) is 4.98 Å². The van der Waals surface area contributed by atoms with Crippen LogP contribution in [0.15, 0.2) is 23.6 Å². The number of hydrogen-bond acceptors (Lipinski definition) is 4. The summed E-state index contributed by atoms with van der Waals surface area (Å²) >= 11 is 6.99. The Balaban J connectivity index is 2.12. The van der Waals surface area contributed by atoms with Crippen LogP contribution in [0.1, 0.15) is 23.2 Å². The van der Waals surface area contributed by atoms with E-state index in [0.29, 0.717) is 5.69 Å². The van der Waals surface area contributed by atoms with Gasteiger partial charge in [0.25, 0.3) is 0 Å². The summed E-state index contributed by atoms with van der Waals surface area (Å²) in [7, 11) is -1.61. The molecule has 0 spiro atoms. The lowest BCUT2D eigenvalue weighted by molar-refractivity contribution is -0.137. The van der Waals surface area contributed by atoms with Crippen molar-refractivity contribution in [2.45, 2.75) is 31.0 Å². The minimum Gasteiger partial charge on any atom is -0.324 e. The molecule has 0 saturated carbocycles. The number of nitrogens with zero attached hydrogens (tertiary/aromatic N) is 1. The Morgan fingerprint density at radius 1 is 1.44 bits per heavy atom. The predicted molar refractivity (Wildman–Crippen MR) is 93.2 cm³/mol. The molecule has 1 amide bonds. The summed E-state index contributed by atoms with van der Waals surface area (Å²) in [5, 5.41) is 3.63. The maximum atomic E-state index is 13.1. The van der Waals surface area contributed by atoms with Gasteiger partial charge in [0.1, 0.15) is 5.25 Å². The molecule has 0 bridgehead atoms. The first-order valence-electron chi connectivity index (χ1n) is 7.03. The molecule has 1 heterocycles. The zero-order chi connectivity index (χ0) is 18.8. The van der Waals surface area contributed by atoms with Crippen molar-refractivity contribution >= 4 is 45.3 Å². The Bertz CT molecular complexity index is 808. The number of anilines is 1. The molecule has 2 atom stereocenters. The van der Waals surface area contributed by atoms with E-state index < -0.39 is 39.4 Å². The minimum absolute atomic E-state index is 0.0612.